The molecule has 7 nitrogen and oxygen atoms in total. The van der Waals surface area contributed by atoms with Crippen LogP contribution in [0.3, 0.4) is 0 Å². The molecule has 28 heavy (non-hydrogen) atoms. The lowest BCUT2D eigenvalue weighted by Gasteiger charge is -2.46. The van der Waals surface area contributed by atoms with Crippen LogP contribution in [0, 0.1) is 11.8 Å². The van der Waals surface area contributed by atoms with Crippen molar-refractivity contribution in [1.29, 1.82) is 0 Å². The predicted molar refractivity (Wildman–Crippen MR) is 107 cm³/mol. The zero-order valence-corrected chi connectivity index (χ0v) is 16.9. The van der Waals surface area contributed by atoms with E-state index >= 15 is 0 Å². The maximum absolute atomic E-state index is 12.3. The van der Waals surface area contributed by atoms with Crippen LogP contribution in [0.15, 0.2) is 24.4 Å². The summed E-state index contributed by atoms with van der Waals surface area (Å²) in [6, 6.07) is 5.37. The fourth-order valence-corrected chi connectivity index (χ4v) is 4.00. The molecule has 2 saturated heterocycles. The number of piperidine rings is 1. The summed E-state index contributed by atoms with van der Waals surface area (Å²) in [6.07, 6.45) is 5.21. The molecule has 7 heteroatoms. The van der Waals surface area contributed by atoms with Gasteiger partial charge in [-0.2, -0.15) is 0 Å². The number of ether oxygens (including phenoxy) is 1. The first kappa shape index (κ1) is 20.6. The van der Waals surface area contributed by atoms with Gasteiger partial charge in [0.1, 0.15) is 5.69 Å². The van der Waals surface area contributed by atoms with Gasteiger partial charge in [-0.25, -0.2) is 4.79 Å². The van der Waals surface area contributed by atoms with Gasteiger partial charge in [-0.15, -0.1) is 0 Å². The van der Waals surface area contributed by atoms with Gasteiger partial charge in [-0.1, -0.05) is 19.9 Å². The summed E-state index contributed by atoms with van der Waals surface area (Å²) in [5, 5.41) is 6.01. The van der Waals surface area contributed by atoms with Crippen LogP contribution >= 0.6 is 0 Å². The van der Waals surface area contributed by atoms with Gasteiger partial charge in [-0.3, -0.25) is 9.78 Å². The Labute approximate surface area is 167 Å². The number of hydrogen-bond donors (Lipinski definition) is 2. The third-order valence-electron chi connectivity index (χ3n) is 5.67. The number of nitrogens with zero attached hydrogens (tertiary/aromatic N) is 2. The topological polar surface area (TPSA) is 83.6 Å². The fourth-order valence-electron chi connectivity index (χ4n) is 4.00. The average Bonchev–Trinajstić information content (AvgIpc) is 2.71. The lowest BCUT2D eigenvalue weighted by atomic mass is 9.79. The van der Waals surface area contributed by atoms with E-state index in [4.69, 9.17) is 4.74 Å². The first-order chi connectivity index (χ1) is 13.5. The second-order valence-electron chi connectivity index (χ2n) is 8.38. The fraction of sp³-hybridized carbons (Fsp3) is 0.667. The van der Waals surface area contributed by atoms with E-state index in [0.29, 0.717) is 37.2 Å². The lowest BCUT2D eigenvalue weighted by molar-refractivity contribution is -0.122. The first-order valence-corrected chi connectivity index (χ1v) is 10.3. The van der Waals surface area contributed by atoms with Crippen molar-refractivity contribution in [3.8, 4) is 0 Å². The van der Waals surface area contributed by atoms with Crippen LogP contribution in [-0.4, -0.2) is 60.2 Å². The molecule has 3 amide bonds. The summed E-state index contributed by atoms with van der Waals surface area (Å²) in [5.74, 6) is 0.712. The third-order valence-corrected chi connectivity index (χ3v) is 5.67. The molecule has 2 N–H and O–H groups in total. The second-order valence-corrected chi connectivity index (χ2v) is 8.38. The molecule has 2 aliphatic rings. The van der Waals surface area contributed by atoms with Crippen LogP contribution in [0.25, 0.3) is 0 Å². The van der Waals surface area contributed by atoms with Crippen LogP contribution in [0.4, 0.5) is 4.79 Å². The Morgan fingerprint density at radius 2 is 2.07 bits per heavy atom. The van der Waals surface area contributed by atoms with Crippen LogP contribution in [0.2, 0.25) is 0 Å². The summed E-state index contributed by atoms with van der Waals surface area (Å²) < 4.78 is 6.17. The molecule has 1 aromatic rings. The number of aromatic nitrogens is 1. The Balaban J connectivity index is 1.46. The average molecular weight is 389 g/mol. The van der Waals surface area contributed by atoms with E-state index in [0.717, 1.165) is 38.8 Å². The largest absolute Gasteiger partial charge is 0.375 e. The van der Waals surface area contributed by atoms with E-state index in [2.05, 4.69) is 29.5 Å². The highest BCUT2D eigenvalue weighted by Crippen LogP contribution is 2.37. The molecule has 3 heterocycles. The zero-order valence-electron chi connectivity index (χ0n) is 16.9. The highest BCUT2D eigenvalue weighted by atomic mass is 16.5. The maximum Gasteiger partial charge on any atom is 0.317 e. The van der Waals surface area contributed by atoms with Gasteiger partial charge in [0.2, 0.25) is 0 Å². The second kappa shape index (κ2) is 9.37. The number of rotatable bonds is 5. The van der Waals surface area contributed by atoms with Crippen molar-refractivity contribution in [2.24, 2.45) is 11.8 Å². The highest BCUT2D eigenvalue weighted by Gasteiger charge is 2.41. The molecule has 0 radical (unpaired) electrons. The van der Waals surface area contributed by atoms with E-state index in [1.807, 2.05) is 11.0 Å². The van der Waals surface area contributed by atoms with Crippen molar-refractivity contribution in [2.45, 2.75) is 45.1 Å². The molecule has 3 rings (SSSR count). The predicted octanol–water partition coefficient (Wildman–Crippen LogP) is 2.44. The Hall–Kier alpha value is -2.15. The Morgan fingerprint density at radius 3 is 2.75 bits per heavy atom. The van der Waals surface area contributed by atoms with Crippen LogP contribution < -0.4 is 10.6 Å². The summed E-state index contributed by atoms with van der Waals surface area (Å²) in [6.45, 7) is 7.67. The molecule has 2 aliphatic heterocycles. The van der Waals surface area contributed by atoms with Gasteiger partial charge >= 0.3 is 6.03 Å². The summed E-state index contributed by atoms with van der Waals surface area (Å²) >= 11 is 0. The number of carbonyl (C=O) groups is 2. The first-order valence-electron chi connectivity index (χ1n) is 10.3. The van der Waals surface area contributed by atoms with E-state index in [9.17, 15) is 9.59 Å². The van der Waals surface area contributed by atoms with Crippen LogP contribution in [-0.2, 0) is 4.74 Å². The summed E-state index contributed by atoms with van der Waals surface area (Å²) in [4.78, 5) is 30.5. The van der Waals surface area contributed by atoms with Crippen molar-refractivity contribution < 1.29 is 14.3 Å². The minimum absolute atomic E-state index is 0.0264. The molecule has 154 valence electrons. The SMILES string of the molecule is CC(C)CNC(=O)N1CCC2(CC1)CC(CNC(=O)c1ccccn1)CCO2. The Morgan fingerprint density at radius 1 is 1.29 bits per heavy atom. The number of amides is 3. The molecule has 2 fully saturated rings. The number of hydrogen-bond acceptors (Lipinski definition) is 4. The third kappa shape index (κ3) is 5.44. The summed E-state index contributed by atoms with van der Waals surface area (Å²) in [5.41, 5.74) is 0.290. The molecule has 1 spiro atoms. The van der Waals surface area contributed by atoms with Gasteiger partial charge in [0, 0.05) is 39.0 Å². The van der Waals surface area contributed by atoms with Gasteiger partial charge in [0.05, 0.1) is 5.60 Å². The minimum atomic E-state index is -0.159. The summed E-state index contributed by atoms with van der Waals surface area (Å²) in [7, 11) is 0. The van der Waals surface area contributed by atoms with Crippen molar-refractivity contribution in [2.75, 3.05) is 32.8 Å². The number of likely N-dealkylation sites (tertiary alicyclic amines) is 1. The Kier molecular flexibility index (Phi) is 6.88. The van der Waals surface area contributed by atoms with E-state index in [1.165, 1.54) is 0 Å². The van der Waals surface area contributed by atoms with Gasteiger partial charge in [0.15, 0.2) is 0 Å². The lowest BCUT2D eigenvalue weighted by Crippen LogP contribution is -2.53. The minimum Gasteiger partial charge on any atom is -0.375 e. The van der Waals surface area contributed by atoms with Gasteiger partial charge < -0.3 is 20.3 Å². The monoisotopic (exact) mass is 388 g/mol. The van der Waals surface area contributed by atoms with Gasteiger partial charge in [-0.05, 0) is 49.7 Å². The Bertz CT molecular complexity index is 657. The molecule has 1 unspecified atom stereocenters. The smallest absolute Gasteiger partial charge is 0.317 e. The number of nitrogens with one attached hydrogen (secondary N) is 2. The molecule has 0 bridgehead atoms. The standard InChI is InChI=1S/C21H32N4O3/c1-16(2)14-24-20(27)25-10-7-21(8-11-25)13-17(6-12-28-21)15-23-19(26)18-5-3-4-9-22-18/h3-5,9,16-17H,6-8,10-15H2,1-2H3,(H,23,26)(H,24,27). The van der Waals surface area contributed by atoms with Crippen molar-refractivity contribution in [3.63, 3.8) is 0 Å². The zero-order chi connectivity index (χ0) is 20.0. The van der Waals surface area contributed by atoms with E-state index < -0.39 is 0 Å². The molecule has 1 aromatic heterocycles. The van der Waals surface area contributed by atoms with Crippen LogP contribution in [0.1, 0.15) is 50.0 Å². The molecule has 1 atom stereocenters. The molecule has 0 aliphatic carbocycles. The van der Waals surface area contributed by atoms with E-state index in [1.54, 1.807) is 18.3 Å². The van der Waals surface area contributed by atoms with Gasteiger partial charge in [0.25, 0.3) is 5.91 Å². The maximum atomic E-state index is 12.3. The van der Waals surface area contributed by atoms with Crippen LogP contribution in [0.5, 0.6) is 0 Å². The van der Waals surface area contributed by atoms with Crippen molar-refractivity contribution >= 4 is 11.9 Å². The molecular formula is C21H32N4O3. The normalized spacial score (nSPS) is 21.5. The molecule has 0 aromatic carbocycles. The number of pyridine rings is 1. The number of urea groups is 1. The quantitative estimate of drug-likeness (QED) is 0.812. The number of carbonyl (C=O) groups excluding carboxylic acids is 2. The van der Waals surface area contributed by atoms with E-state index in [-0.39, 0.29) is 17.5 Å². The molecular weight excluding hydrogens is 356 g/mol. The molecule has 0 saturated carbocycles. The highest BCUT2D eigenvalue weighted by molar-refractivity contribution is 5.92. The van der Waals surface area contributed by atoms with Crippen molar-refractivity contribution in [1.82, 2.24) is 20.5 Å². The van der Waals surface area contributed by atoms with Crippen molar-refractivity contribution in [3.05, 3.63) is 30.1 Å².